The van der Waals surface area contributed by atoms with Gasteiger partial charge in [0.05, 0.1) is 0 Å². The molecule has 6 nitrogen and oxygen atoms in total. The van der Waals surface area contributed by atoms with Crippen LogP contribution in [-0.2, 0) is 6.54 Å². The van der Waals surface area contributed by atoms with Gasteiger partial charge < -0.3 is 15.0 Å². The van der Waals surface area contributed by atoms with E-state index in [-0.39, 0.29) is 18.5 Å². The van der Waals surface area contributed by atoms with Crippen molar-refractivity contribution in [3.05, 3.63) is 23.9 Å². The molecule has 0 spiro atoms. The molecule has 150 valence electrons. The Morgan fingerprint density at radius 1 is 1.22 bits per heavy atom. The molecule has 9 heteroatoms. The summed E-state index contributed by atoms with van der Waals surface area (Å²) in [7, 11) is 0. The smallest absolute Gasteiger partial charge is 0.422 e. The average Bonchev–Trinajstić information content (AvgIpc) is 3.19. The topological polar surface area (TPSA) is 57.7 Å². The highest BCUT2D eigenvalue weighted by Gasteiger charge is 2.30. The molecule has 1 saturated carbocycles. The molecule has 1 saturated heterocycles. The van der Waals surface area contributed by atoms with Gasteiger partial charge in [-0.3, -0.25) is 4.90 Å². The number of amides is 2. The van der Waals surface area contributed by atoms with Crippen LogP contribution in [0.3, 0.4) is 0 Å². The van der Waals surface area contributed by atoms with Crippen LogP contribution in [0.25, 0.3) is 0 Å². The van der Waals surface area contributed by atoms with E-state index in [1.165, 1.54) is 31.9 Å². The summed E-state index contributed by atoms with van der Waals surface area (Å²) < 4.78 is 41.8. The number of rotatable bonds is 5. The van der Waals surface area contributed by atoms with Gasteiger partial charge in [0.1, 0.15) is 0 Å². The first-order valence-corrected chi connectivity index (χ1v) is 9.32. The Bertz CT molecular complexity index is 627. The van der Waals surface area contributed by atoms with E-state index in [4.69, 9.17) is 4.74 Å². The molecule has 2 aliphatic rings. The number of urea groups is 1. The quantitative estimate of drug-likeness (QED) is 0.846. The van der Waals surface area contributed by atoms with Crippen LogP contribution in [0.2, 0.25) is 0 Å². The number of piperazine rings is 1. The van der Waals surface area contributed by atoms with E-state index in [0.29, 0.717) is 24.7 Å². The fourth-order valence-electron chi connectivity index (χ4n) is 3.68. The summed E-state index contributed by atoms with van der Waals surface area (Å²) >= 11 is 0. The lowest BCUT2D eigenvalue weighted by atomic mass is 10.2. The molecule has 2 fully saturated rings. The first-order valence-electron chi connectivity index (χ1n) is 9.32. The van der Waals surface area contributed by atoms with Crippen LogP contribution in [0.15, 0.2) is 18.3 Å². The van der Waals surface area contributed by atoms with Crippen molar-refractivity contribution in [3.63, 3.8) is 0 Å². The lowest BCUT2D eigenvalue weighted by molar-refractivity contribution is -0.154. The van der Waals surface area contributed by atoms with E-state index < -0.39 is 12.8 Å². The van der Waals surface area contributed by atoms with E-state index >= 15 is 0 Å². The number of alkyl halides is 3. The Balaban J connectivity index is 1.47. The second kappa shape index (κ2) is 8.77. The molecule has 3 rings (SSSR count). The predicted octanol–water partition coefficient (Wildman–Crippen LogP) is 2.79. The lowest BCUT2D eigenvalue weighted by Gasteiger charge is -2.38. The molecule has 0 atom stereocenters. The number of carbonyl (C=O) groups excluding carboxylic acids is 1. The van der Waals surface area contributed by atoms with E-state index in [1.54, 1.807) is 17.0 Å². The third-order valence-corrected chi connectivity index (χ3v) is 5.10. The van der Waals surface area contributed by atoms with Crippen molar-refractivity contribution < 1.29 is 22.7 Å². The number of nitrogens with zero attached hydrogens (tertiary/aromatic N) is 3. The Kier molecular flexibility index (Phi) is 6.41. The maximum Gasteiger partial charge on any atom is 0.422 e. The Labute approximate surface area is 156 Å². The van der Waals surface area contributed by atoms with Gasteiger partial charge in [-0.1, -0.05) is 18.9 Å². The number of aromatic nitrogens is 1. The van der Waals surface area contributed by atoms with Crippen LogP contribution >= 0.6 is 0 Å². The predicted molar refractivity (Wildman–Crippen MR) is 93.4 cm³/mol. The first kappa shape index (κ1) is 19.7. The van der Waals surface area contributed by atoms with Gasteiger partial charge in [0.15, 0.2) is 6.61 Å². The molecular weight excluding hydrogens is 361 g/mol. The van der Waals surface area contributed by atoms with Crippen LogP contribution in [0.1, 0.15) is 31.2 Å². The number of pyridine rings is 1. The number of halogens is 3. The maximum absolute atomic E-state index is 12.4. The van der Waals surface area contributed by atoms with Crippen molar-refractivity contribution >= 4 is 6.03 Å². The van der Waals surface area contributed by atoms with Gasteiger partial charge >= 0.3 is 12.2 Å². The van der Waals surface area contributed by atoms with Crippen molar-refractivity contribution in [2.75, 3.05) is 32.8 Å². The van der Waals surface area contributed by atoms with Gasteiger partial charge in [0.2, 0.25) is 5.88 Å². The normalized spacial score (nSPS) is 19.3. The zero-order valence-electron chi connectivity index (χ0n) is 15.2. The molecule has 1 aromatic rings. The fourth-order valence-corrected chi connectivity index (χ4v) is 3.68. The van der Waals surface area contributed by atoms with Crippen molar-refractivity contribution in [2.24, 2.45) is 0 Å². The van der Waals surface area contributed by atoms with E-state index in [2.05, 4.69) is 15.2 Å². The number of nitrogens with one attached hydrogen (secondary N) is 1. The number of hydrogen-bond acceptors (Lipinski definition) is 4. The highest BCUT2D eigenvalue weighted by atomic mass is 19.4. The highest BCUT2D eigenvalue weighted by Crippen LogP contribution is 2.24. The molecule has 0 radical (unpaired) electrons. The summed E-state index contributed by atoms with van der Waals surface area (Å²) in [5.41, 5.74) is 0.416. The Morgan fingerprint density at radius 2 is 1.93 bits per heavy atom. The van der Waals surface area contributed by atoms with Crippen LogP contribution in [0.4, 0.5) is 18.0 Å². The summed E-state index contributed by atoms with van der Waals surface area (Å²) in [6.45, 7) is 1.71. The van der Waals surface area contributed by atoms with Gasteiger partial charge in [0.25, 0.3) is 0 Å². The summed E-state index contributed by atoms with van der Waals surface area (Å²) in [6, 6.07) is 3.63. The summed E-state index contributed by atoms with van der Waals surface area (Å²) in [5, 5.41) is 2.76. The third-order valence-electron chi connectivity index (χ3n) is 5.10. The highest BCUT2D eigenvalue weighted by molar-refractivity contribution is 5.74. The Hall–Kier alpha value is -2.03. The molecule has 1 aliphatic heterocycles. The second-order valence-corrected chi connectivity index (χ2v) is 6.99. The molecule has 1 N–H and O–H groups in total. The summed E-state index contributed by atoms with van der Waals surface area (Å²) in [4.78, 5) is 20.4. The molecular formula is C18H25F3N4O2. The van der Waals surface area contributed by atoms with Crippen LogP contribution in [-0.4, -0.2) is 65.8 Å². The minimum absolute atomic E-state index is 0.0721. The zero-order chi connectivity index (χ0) is 19.3. The lowest BCUT2D eigenvalue weighted by Crippen LogP contribution is -2.53. The minimum Gasteiger partial charge on any atom is -0.468 e. The second-order valence-electron chi connectivity index (χ2n) is 6.99. The van der Waals surface area contributed by atoms with Gasteiger partial charge in [-0.25, -0.2) is 9.78 Å². The van der Waals surface area contributed by atoms with Gasteiger partial charge in [-0.2, -0.15) is 13.2 Å². The first-order chi connectivity index (χ1) is 12.9. The van der Waals surface area contributed by atoms with Crippen molar-refractivity contribution in [2.45, 2.75) is 44.4 Å². The largest absolute Gasteiger partial charge is 0.468 e. The van der Waals surface area contributed by atoms with Crippen LogP contribution in [0.5, 0.6) is 5.88 Å². The van der Waals surface area contributed by atoms with Gasteiger partial charge in [-0.15, -0.1) is 0 Å². The standard InChI is InChI=1S/C18H25F3N4O2/c19-18(20,21)13-27-16-14(4-3-7-22-16)12-23-17(26)25-10-8-24(9-11-25)15-5-1-2-6-15/h3-4,7,15H,1-2,5-6,8-13H2,(H,23,26). The zero-order valence-corrected chi connectivity index (χ0v) is 15.2. The summed E-state index contributed by atoms with van der Waals surface area (Å²) in [6.07, 6.45) is 1.99. The van der Waals surface area contributed by atoms with E-state index in [1.807, 2.05) is 0 Å². The molecule has 1 aliphatic carbocycles. The van der Waals surface area contributed by atoms with Crippen molar-refractivity contribution in [1.82, 2.24) is 20.1 Å². The van der Waals surface area contributed by atoms with E-state index in [9.17, 15) is 18.0 Å². The van der Waals surface area contributed by atoms with E-state index in [0.717, 1.165) is 13.1 Å². The monoisotopic (exact) mass is 386 g/mol. The SMILES string of the molecule is O=C(NCc1cccnc1OCC(F)(F)F)N1CCN(C2CCCC2)CC1. The minimum atomic E-state index is -4.43. The summed E-state index contributed by atoms with van der Waals surface area (Å²) in [5.74, 6) is -0.110. The van der Waals surface area contributed by atoms with Gasteiger partial charge in [0, 0.05) is 50.5 Å². The fraction of sp³-hybridized carbons (Fsp3) is 0.667. The molecule has 27 heavy (non-hydrogen) atoms. The number of ether oxygens (including phenoxy) is 1. The van der Waals surface area contributed by atoms with Crippen molar-refractivity contribution in [1.29, 1.82) is 0 Å². The van der Waals surface area contributed by atoms with Crippen LogP contribution in [0, 0.1) is 0 Å². The molecule has 2 heterocycles. The average molecular weight is 386 g/mol. The Morgan fingerprint density at radius 3 is 2.59 bits per heavy atom. The molecule has 0 aromatic carbocycles. The van der Waals surface area contributed by atoms with Crippen LogP contribution < -0.4 is 10.1 Å². The third kappa shape index (κ3) is 5.72. The molecule has 0 bridgehead atoms. The van der Waals surface area contributed by atoms with Gasteiger partial charge in [-0.05, 0) is 18.9 Å². The molecule has 2 amide bonds. The maximum atomic E-state index is 12.4. The van der Waals surface area contributed by atoms with Crippen molar-refractivity contribution in [3.8, 4) is 5.88 Å². The number of hydrogen-bond donors (Lipinski definition) is 1. The number of carbonyl (C=O) groups is 1. The molecule has 1 aromatic heterocycles. The molecule has 0 unspecified atom stereocenters.